The summed E-state index contributed by atoms with van der Waals surface area (Å²) in [7, 11) is 0. The fourth-order valence-corrected chi connectivity index (χ4v) is 2.51. The number of phenolic OH excluding ortho intramolecular Hbond substituents is 1. The molecule has 0 amide bonds. The van der Waals surface area contributed by atoms with E-state index in [1.807, 2.05) is 50.3 Å². The topological polar surface area (TPSA) is 72.3 Å². The van der Waals surface area contributed by atoms with Crippen molar-refractivity contribution in [1.29, 1.82) is 0 Å². The molecule has 0 unspecified atom stereocenters. The molecule has 0 aliphatic carbocycles. The van der Waals surface area contributed by atoms with Gasteiger partial charge in [-0.05, 0) is 60.4 Å². The molecule has 5 heteroatoms. The van der Waals surface area contributed by atoms with Gasteiger partial charge in [-0.15, -0.1) is 0 Å². The Morgan fingerprint density at radius 1 is 0.962 bits per heavy atom. The highest BCUT2D eigenvalue weighted by atomic mass is 16.5. The number of aromatic nitrogens is 2. The number of carbonyl (C=O) groups excluding carboxylic acids is 1. The van der Waals surface area contributed by atoms with E-state index in [9.17, 15) is 9.90 Å². The molecule has 2 aromatic carbocycles. The first-order chi connectivity index (χ1) is 12.5. The Morgan fingerprint density at radius 2 is 1.54 bits per heavy atom. The lowest BCUT2D eigenvalue weighted by Crippen LogP contribution is -2.08. The van der Waals surface area contributed by atoms with Crippen LogP contribution < -0.4 is 4.74 Å². The van der Waals surface area contributed by atoms with Gasteiger partial charge in [0.1, 0.15) is 12.1 Å². The van der Waals surface area contributed by atoms with Crippen molar-refractivity contribution >= 4 is 18.1 Å². The van der Waals surface area contributed by atoms with Crippen molar-refractivity contribution in [3.05, 3.63) is 82.9 Å². The SMILES string of the molecule is Cc1cc(/C=C/c2ccc(C(=O)Oc3cncnc3)cc2)cc(C)c1O. The highest BCUT2D eigenvalue weighted by Gasteiger charge is 2.08. The molecule has 0 aliphatic heterocycles. The van der Waals surface area contributed by atoms with Crippen molar-refractivity contribution < 1.29 is 14.6 Å². The maximum Gasteiger partial charge on any atom is 0.343 e. The molecule has 0 radical (unpaired) electrons. The number of nitrogens with zero attached hydrogens (tertiary/aromatic N) is 2. The van der Waals surface area contributed by atoms with Crippen LogP contribution in [0.1, 0.15) is 32.6 Å². The third-order valence-corrected chi connectivity index (χ3v) is 3.88. The molecule has 0 bridgehead atoms. The maximum atomic E-state index is 12.1. The van der Waals surface area contributed by atoms with E-state index in [0.29, 0.717) is 17.1 Å². The smallest absolute Gasteiger partial charge is 0.343 e. The zero-order valence-corrected chi connectivity index (χ0v) is 14.5. The number of carbonyl (C=O) groups is 1. The molecule has 5 nitrogen and oxygen atoms in total. The normalized spacial score (nSPS) is 10.8. The number of phenols is 1. The van der Waals surface area contributed by atoms with Crippen molar-refractivity contribution in [3.8, 4) is 11.5 Å². The molecule has 0 aliphatic rings. The van der Waals surface area contributed by atoms with Crippen molar-refractivity contribution in [2.75, 3.05) is 0 Å². The second-order valence-electron chi connectivity index (χ2n) is 5.92. The van der Waals surface area contributed by atoms with Crippen LogP contribution in [0.25, 0.3) is 12.2 Å². The monoisotopic (exact) mass is 346 g/mol. The molecule has 0 saturated carbocycles. The molecular weight excluding hydrogens is 328 g/mol. The lowest BCUT2D eigenvalue weighted by molar-refractivity contribution is 0.0733. The van der Waals surface area contributed by atoms with Crippen LogP contribution in [0, 0.1) is 13.8 Å². The molecule has 0 fully saturated rings. The summed E-state index contributed by atoms with van der Waals surface area (Å²) in [6.07, 6.45) is 8.16. The van der Waals surface area contributed by atoms with Crippen molar-refractivity contribution in [1.82, 2.24) is 9.97 Å². The number of benzene rings is 2. The zero-order valence-electron chi connectivity index (χ0n) is 14.5. The molecule has 0 atom stereocenters. The highest BCUT2D eigenvalue weighted by molar-refractivity contribution is 5.91. The number of ether oxygens (including phenoxy) is 1. The summed E-state index contributed by atoms with van der Waals surface area (Å²) >= 11 is 0. The highest BCUT2D eigenvalue weighted by Crippen LogP contribution is 2.24. The summed E-state index contributed by atoms with van der Waals surface area (Å²) < 4.78 is 5.20. The zero-order chi connectivity index (χ0) is 18.5. The van der Waals surface area contributed by atoms with Gasteiger partial charge in [-0.2, -0.15) is 0 Å². The quantitative estimate of drug-likeness (QED) is 0.566. The largest absolute Gasteiger partial charge is 0.507 e. The van der Waals surface area contributed by atoms with E-state index >= 15 is 0 Å². The first-order valence-electron chi connectivity index (χ1n) is 8.08. The summed E-state index contributed by atoms with van der Waals surface area (Å²) in [4.78, 5) is 19.7. The van der Waals surface area contributed by atoms with Gasteiger partial charge in [-0.1, -0.05) is 24.3 Å². The summed E-state index contributed by atoms with van der Waals surface area (Å²) in [5.74, 6) is 0.175. The van der Waals surface area contributed by atoms with E-state index in [1.54, 1.807) is 12.1 Å². The Kier molecular flexibility index (Phi) is 5.08. The average molecular weight is 346 g/mol. The van der Waals surface area contributed by atoms with Crippen LogP contribution in [0.4, 0.5) is 0 Å². The predicted octanol–water partition coefficient (Wildman–Crippen LogP) is 4.19. The average Bonchev–Trinajstić information content (AvgIpc) is 2.65. The molecule has 1 aromatic heterocycles. The van der Waals surface area contributed by atoms with Gasteiger partial charge in [-0.25, -0.2) is 14.8 Å². The Bertz CT molecular complexity index is 926. The van der Waals surface area contributed by atoms with Gasteiger partial charge in [0.15, 0.2) is 5.75 Å². The molecule has 1 heterocycles. The van der Waals surface area contributed by atoms with Gasteiger partial charge >= 0.3 is 5.97 Å². The molecule has 0 spiro atoms. The molecule has 26 heavy (non-hydrogen) atoms. The molecule has 0 saturated heterocycles. The van der Waals surface area contributed by atoms with Gasteiger partial charge in [0.05, 0.1) is 18.0 Å². The predicted molar refractivity (Wildman–Crippen MR) is 99.9 cm³/mol. The van der Waals surface area contributed by atoms with E-state index in [2.05, 4.69) is 9.97 Å². The Labute approximate surface area is 151 Å². The number of rotatable bonds is 4. The Morgan fingerprint density at radius 3 is 2.15 bits per heavy atom. The number of aryl methyl sites for hydroxylation is 2. The Balaban J connectivity index is 1.70. The van der Waals surface area contributed by atoms with Crippen LogP contribution in [0.15, 0.2) is 55.1 Å². The van der Waals surface area contributed by atoms with Crippen molar-refractivity contribution in [2.24, 2.45) is 0 Å². The van der Waals surface area contributed by atoms with Crippen LogP contribution in [0.5, 0.6) is 11.5 Å². The third-order valence-electron chi connectivity index (χ3n) is 3.88. The lowest BCUT2D eigenvalue weighted by Gasteiger charge is -2.05. The van der Waals surface area contributed by atoms with Crippen LogP contribution >= 0.6 is 0 Å². The van der Waals surface area contributed by atoms with Crippen molar-refractivity contribution in [3.63, 3.8) is 0 Å². The van der Waals surface area contributed by atoms with Crippen LogP contribution in [-0.4, -0.2) is 21.0 Å². The van der Waals surface area contributed by atoms with Crippen LogP contribution in [0.2, 0.25) is 0 Å². The molecule has 130 valence electrons. The van der Waals surface area contributed by atoms with E-state index in [1.165, 1.54) is 18.7 Å². The van der Waals surface area contributed by atoms with Gasteiger partial charge in [0.2, 0.25) is 0 Å². The minimum absolute atomic E-state index is 0.305. The molecule has 3 rings (SSSR count). The number of hydrogen-bond donors (Lipinski definition) is 1. The molecular formula is C21H18N2O3. The minimum atomic E-state index is -0.458. The fraction of sp³-hybridized carbons (Fsp3) is 0.0952. The van der Waals surface area contributed by atoms with Crippen LogP contribution in [0.3, 0.4) is 0 Å². The Hall–Kier alpha value is -3.47. The number of esters is 1. The number of aromatic hydroxyl groups is 1. The summed E-state index contributed by atoms with van der Waals surface area (Å²) in [6, 6.07) is 10.9. The second kappa shape index (κ2) is 7.61. The second-order valence-corrected chi connectivity index (χ2v) is 5.92. The van der Waals surface area contributed by atoms with Gasteiger partial charge in [0.25, 0.3) is 0 Å². The summed E-state index contributed by atoms with van der Waals surface area (Å²) in [6.45, 7) is 3.75. The van der Waals surface area contributed by atoms with Crippen LogP contribution in [-0.2, 0) is 0 Å². The lowest BCUT2D eigenvalue weighted by atomic mass is 10.0. The van der Waals surface area contributed by atoms with Gasteiger partial charge < -0.3 is 9.84 Å². The first kappa shape index (κ1) is 17.4. The number of hydrogen-bond acceptors (Lipinski definition) is 5. The van der Waals surface area contributed by atoms with E-state index in [0.717, 1.165) is 22.3 Å². The summed E-state index contributed by atoms with van der Waals surface area (Å²) in [5.41, 5.74) is 4.08. The first-order valence-corrected chi connectivity index (χ1v) is 8.08. The van der Waals surface area contributed by atoms with Gasteiger partial charge in [0, 0.05) is 0 Å². The fourth-order valence-electron chi connectivity index (χ4n) is 2.51. The van der Waals surface area contributed by atoms with E-state index in [4.69, 9.17) is 4.74 Å². The van der Waals surface area contributed by atoms with Gasteiger partial charge in [-0.3, -0.25) is 0 Å². The van der Waals surface area contributed by atoms with E-state index < -0.39 is 5.97 Å². The van der Waals surface area contributed by atoms with Crippen molar-refractivity contribution in [2.45, 2.75) is 13.8 Å². The standard InChI is InChI=1S/C21H18N2O3/c1-14-9-17(10-15(2)20(14)24)4-3-16-5-7-18(8-6-16)21(25)26-19-11-22-13-23-12-19/h3-13,24H,1-2H3/b4-3+. The summed E-state index contributed by atoms with van der Waals surface area (Å²) in [5, 5.41) is 9.83. The maximum absolute atomic E-state index is 12.1. The minimum Gasteiger partial charge on any atom is -0.507 e. The third kappa shape index (κ3) is 4.13. The molecule has 1 N–H and O–H groups in total. The van der Waals surface area contributed by atoms with E-state index in [-0.39, 0.29) is 0 Å². The molecule has 3 aromatic rings.